The van der Waals surface area contributed by atoms with Crippen LogP contribution in [0, 0.1) is 25.1 Å². The van der Waals surface area contributed by atoms with Gasteiger partial charge in [-0.05, 0) is 30.8 Å². The summed E-state index contributed by atoms with van der Waals surface area (Å²) in [5.41, 5.74) is 1.52. The minimum atomic E-state index is -0.340. The number of hydrogen-bond donors (Lipinski definition) is 1. The molecule has 0 saturated carbocycles. The molecule has 0 heterocycles. The fourth-order valence-corrected chi connectivity index (χ4v) is 1.74. The maximum atomic E-state index is 12.6. The number of halogens is 1. The van der Waals surface area contributed by atoms with E-state index in [0.29, 0.717) is 12.1 Å². The zero-order valence-electron chi connectivity index (χ0n) is 11.9. The van der Waals surface area contributed by atoms with Crippen LogP contribution in [0.5, 0.6) is 0 Å². The topological polar surface area (TPSA) is 29.1 Å². The van der Waals surface area contributed by atoms with Crippen molar-refractivity contribution in [2.24, 2.45) is 0 Å². The van der Waals surface area contributed by atoms with E-state index < -0.39 is 0 Å². The van der Waals surface area contributed by atoms with Crippen LogP contribution in [0.15, 0.2) is 60.7 Å². The van der Waals surface area contributed by atoms with Crippen molar-refractivity contribution >= 4 is 5.91 Å². The zero-order valence-corrected chi connectivity index (χ0v) is 13.0. The van der Waals surface area contributed by atoms with Crippen LogP contribution in [0.25, 0.3) is 0 Å². The quantitative estimate of drug-likeness (QED) is 0.672. The van der Waals surface area contributed by atoms with Gasteiger partial charge in [-0.15, -0.1) is 12.8 Å². The number of amides is 1. The molecule has 0 aromatic heterocycles. The molecule has 0 atom stereocenters. The molecule has 1 N–H and O–H groups in total. The van der Waals surface area contributed by atoms with Crippen molar-refractivity contribution in [2.75, 3.05) is 0 Å². The largest absolute Gasteiger partial charge is 2.00 e. The molecule has 1 aliphatic rings. The maximum absolute atomic E-state index is 12.6. The van der Waals surface area contributed by atoms with Crippen molar-refractivity contribution in [1.29, 1.82) is 0 Å². The van der Waals surface area contributed by atoms with E-state index in [1.165, 1.54) is 24.3 Å². The van der Waals surface area contributed by atoms with Gasteiger partial charge in [-0.25, -0.2) is 29.0 Å². The number of nitrogens with one attached hydrogen (secondary N) is 1. The molecule has 0 unspecified atom stereocenters. The van der Waals surface area contributed by atoms with Gasteiger partial charge in [0.2, 0.25) is 0 Å². The average Bonchev–Trinajstić information content (AvgIpc) is 3.21. The number of benzene rings is 1. The van der Waals surface area contributed by atoms with Crippen molar-refractivity contribution in [3.05, 3.63) is 96.9 Å². The van der Waals surface area contributed by atoms with Crippen LogP contribution < -0.4 is 5.32 Å². The molecular weight excluding hydrogens is 321 g/mol. The third-order valence-electron chi connectivity index (χ3n) is 2.85. The van der Waals surface area contributed by atoms with Gasteiger partial charge in [0.15, 0.2) is 0 Å². The molecule has 2 aromatic rings. The minimum Gasteiger partial charge on any atom is -0.360 e. The van der Waals surface area contributed by atoms with E-state index in [1.807, 2.05) is 55.7 Å². The Morgan fingerprint density at radius 1 is 1.18 bits per heavy atom. The van der Waals surface area contributed by atoms with Gasteiger partial charge in [-0.1, -0.05) is 0 Å². The van der Waals surface area contributed by atoms with E-state index in [9.17, 15) is 9.18 Å². The summed E-state index contributed by atoms with van der Waals surface area (Å²) in [4.78, 5) is 11.6. The van der Waals surface area contributed by atoms with Crippen LogP contribution in [0.3, 0.4) is 0 Å². The van der Waals surface area contributed by atoms with Crippen LogP contribution in [-0.4, -0.2) is 5.91 Å². The van der Waals surface area contributed by atoms with Gasteiger partial charge >= 0.3 is 17.1 Å². The summed E-state index contributed by atoms with van der Waals surface area (Å²) in [6.45, 7) is 0.489. The third kappa shape index (κ3) is 6.25. The first-order valence-corrected chi connectivity index (χ1v) is 6.67. The molecular formula is C18H16FFeNO. The number of carbonyl (C=O) groups is 1. The van der Waals surface area contributed by atoms with Gasteiger partial charge in [0.25, 0.3) is 5.91 Å². The molecule has 0 spiro atoms. The molecule has 1 aliphatic carbocycles. The molecule has 114 valence electrons. The summed E-state index contributed by atoms with van der Waals surface area (Å²) in [6, 6.07) is 13.2. The second-order valence-corrected chi connectivity index (χ2v) is 4.44. The summed E-state index contributed by atoms with van der Waals surface area (Å²) in [5.74, 6) is -0.534. The molecule has 0 bridgehead atoms. The molecule has 0 fully saturated rings. The summed E-state index contributed by atoms with van der Waals surface area (Å²) < 4.78 is 12.6. The van der Waals surface area contributed by atoms with Crippen molar-refractivity contribution in [3.63, 3.8) is 0 Å². The normalized spacial score (nSPS) is 11.7. The molecule has 2 nitrogen and oxygen atoms in total. The Morgan fingerprint density at radius 2 is 1.95 bits per heavy atom. The first kappa shape index (κ1) is 18.1. The molecule has 1 amide bonds. The van der Waals surface area contributed by atoms with E-state index in [-0.39, 0.29) is 28.8 Å². The Bertz CT molecular complexity index is 570. The van der Waals surface area contributed by atoms with E-state index >= 15 is 0 Å². The van der Waals surface area contributed by atoms with Crippen LogP contribution in [0.2, 0.25) is 0 Å². The summed E-state index contributed by atoms with van der Waals surface area (Å²) in [7, 11) is 0. The smallest absolute Gasteiger partial charge is 0.360 e. The molecule has 2 aromatic carbocycles. The Balaban J connectivity index is 0.000000344. The number of carbonyl (C=O) groups excluding carboxylic acids is 1. The standard InChI is InChI=1S/C13H11FNO.C5H5.Fe/c14-12-7-5-11(6-8-12)13(16)15-9-10-3-1-2-4-10;1-2-4-5-3-1;/h1-8H,9H2,(H,15,16);1-5H;/q2*-1;+2. The van der Waals surface area contributed by atoms with Gasteiger partial charge in [0, 0.05) is 5.56 Å². The van der Waals surface area contributed by atoms with E-state index in [1.54, 1.807) is 0 Å². The minimum absolute atomic E-state index is 0. The predicted molar refractivity (Wildman–Crippen MR) is 81.6 cm³/mol. The van der Waals surface area contributed by atoms with Crippen molar-refractivity contribution in [2.45, 2.75) is 6.54 Å². The van der Waals surface area contributed by atoms with Gasteiger partial charge < -0.3 is 5.32 Å². The zero-order chi connectivity index (χ0) is 14.9. The molecule has 3 rings (SSSR count). The fraction of sp³-hybridized carbons (Fsp3) is 0.0556. The molecule has 0 aliphatic heterocycles. The second kappa shape index (κ2) is 9.93. The van der Waals surface area contributed by atoms with E-state index in [4.69, 9.17) is 0 Å². The molecule has 4 heteroatoms. The summed E-state index contributed by atoms with van der Waals surface area (Å²) in [5, 5.41) is 2.76. The first-order chi connectivity index (χ1) is 10.3. The van der Waals surface area contributed by atoms with Crippen LogP contribution in [-0.2, 0) is 23.6 Å². The average molecular weight is 337 g/mol. The molecule has 22 heavy (non-hydrogen) atoms. The maximum Gasteiger partial charge on any atom is 2.00 e. The SMILES string of the molecule is O=C(NCc1cc[cH-]c1)c1ccc(F)cc1.[CH]1[CH][CH-]C=C1.[Fe+2]. The number of rotatable bonds is 3. The number of allylic oxidation sites excluding steroid dienone is 2. The molecule has 2 radical (unpaired) electrons. The predicted octanol–water partition coefficient (Wildman–Crippen LogP) is 3.64. The van der Waals surface area contributed by atoms with Gasteiger partial charge in [-0.3, -0.25) is 4.79 Å². The second-order valence-electron chi connectivity index (χ2n) is 4.44. The van der Waals surface area contributed by atoms with Crippen molar-refractivity contribution < 1.29 is 26.3 Å². The first-order valence-electron chi connectivity index (χ1n) is 6.67. The summed E-state index contributed by atoms with van der Waals surface area (Å²) >= 11 is 0. The van der Waals surface area contributed by atoms with E-state index in [0.717, 1.165) is 5.56 Å². The van der Waals surface area contributed by atoms with Crippen LogP contribution in [0.4, 0.5) is 4.39 Å². The fourth-order valence-electron chi connectivity index (χ4n) is 1.74. The van der Waals surface area contributed by atoms with Gasteiger partial charge in [-0.2, -0.15) is 23.8 Å². The molecule has 0 saturated heterocycles. The third-order valence-corrected chi connectivity index (χ3v) is 2.85. The van der Waals surface area contributed by atoms with Crippen molar-refractivity contribution in [1.82, 2.24) is 5.32 Å². The van der Waals surface area contributed by atoms with Crippen LogP contribution >= 0.6 is 0 Å². The van der Waals surface area contributed by atoms with Crippen molar-refractivity contribution in [3.8, 4) is 0 Å². The Morgan fingerprint density at radius 3 is 2.45 bits per heavy atom. The van der Waals surface area contributed by atoms with Gasteiger partial charge in [0.1, 0.15) is 5.82 Å². The van der Waals surface area contributed by atoms with Gasteiger partial charge in [0.05, 0.1) is 0 Å². The summed E-state index contributed by atoms with van der Waals surface area (Å²) in [6.07, 6.45) is 10.0. The van der Waals surface area contributed by atoms with E-state index in [2.05, 4.69) is 5.32 Å². The Kier molecular flexibility index (Phi) is 8.19. The number of hydrogen-bond acceptors (Lipinski definition) is 1. The Labute approximate surface area is 141 Å². The Hall–Kier alpha value is -1.90. The monoisotopic (exact) mass is 337 g/mol. The van der Waals surface area contributed by atoms with Crippen LogP contribution in [0.1, 0.15) is 15.9 Å².